The Hall–Kier alpha value is -4.06. The maximum absolute atomic E-state index is 13.3. The van der Waals surface area contributed by atoms with E-state index in [4.69, 9.17) is 4.74 Å². The van der Waals surface area contributed by atoms with Crippen LogP contribution in [0.4, 0.5) is 0 Å². The molecule has 0 saturated carbocycles. The standard InChI is InChI=1S/C23H16N4O2/c28-21-18-8-4-5-9-20(18)29-22(16-6-2-1-3-7-16)19(21)14-15-10-12-17(13-11-15)23-24-26-27-25-23/h1-14,22,28H/p-1/t22-/m0/s1. The van der Waals surface area contributed by atoms with Gasteiger partial charge in [0.1, 0.15) is 11.9 Å². The predicted molar refractivity (Wildman–Crippen MR) is 106 cm³/mol. The summed E-state index contributed by atoms with van der Waals surface area (Å²) in [5.41, 5.74) is 2.10. The largest absolute Gasteiger partial charge is 0.872 e. The van der Waals surface area contributed by atoms with E-state index < -0.39 is 6.10 Å². The van der Waals surface area contributed by atoms with E-state index in [1.54, 1.807) is 6.07 Å². The van der Waals surface area contributed by atoms with Crippen molar-refractivity contribution in [3.63, 3.8) is 0 Å². The number of benzene rings is 3. The van der Waals surface area contributed by atoms with Crippen LogP contribution in [0.3, 0.4) is 0 Å². The summed E-state index contributed by atoms with van der Waals surface area (Å²) in [5.74, 6) is 1.04. The molecule has 0 radical (unpaired) electrons. The molecule has 6 heteroatoms. The summed E-state index contributed by atoms with van der Waals surface area (Å²) in [6.07, 6.45) is 1.41. The van der Waals surface area contributed by atoms with Crippen LogP contribution in [-0.4, -0.2) is 0 Å². The average Bonchev–Trinajstić information content (AvgIpc) is 3.32. The third-order valence-electron chi connectivity index (χ3n) is 4.83. The average molecular weight is 379 g/mol. The first-order valence-electron chi connectivity index (χ1n) is 9.16. The number of fused-ring (bicyclic) bond motifs is 1. The molecule has 140 valence electrons. The topological polar surface area (TPSA) is 81.7 Å². The van der Waals surface area contributed by atoms with Crippen LogP contribution in [0.1, 0.15) is 17.2 Å². The van der Waals surface area contributed by atoms with Gasteiger partial charge >= 0.3 is 0 Å². The molecule has 3 aromatic carbocycles. The predicted octanol–water partition coefficient (Wildman–Crippen LogP) is 3.27. The van der Waals surface area contributed by atoms with Gasteiger partial charge in [-0.15, -0.1) is 10.2 Å². The lowest BCUT2D eigenvalue weighted by molar-refractivity contribution is -0.246. The highest BCUT2D eigenvalue weighted by Gasteiger charge is 2.24. The number of para-hydroxylation sites is 1. The molecule has 6 nitrogen and oxygen atoms in total. The van der Waals surface area contributed by atoms with E-state index in [1.807, 2.05) is 78.9 Å². The lowest BCUT2D eigenvalue weighted by atomic mass is 9.93. The molecule has 0 spiro atoms. The van der Waals surface area contributed by atoms with Crippen molar-refractivity contribution in [2.24, 2.45) is 20.7 Å². The van der Waals surface area contributed by atoms with E-state index >= 15 is 0 Å². The SMILES string of the molecule is [O-]C1=C(C=c2ccc(=C3N=NN=N3)cc2)[C@H](c2ccccc2)Oc2ccccc21. The summed E-state index contributed by atoms with van der Waals surface area (Å²) in [6.45, 7) is 0. The van der Waals surface area contributed by atoms with Crippen LogP contribution in [0.25, 0.3) is 17.7 Å². The van der Waals surface area contributed by atoms with Crippen LogP contribution < -0.4 is 20.3 Å². The molecule has 0 aliphatic carbocycles. The Kier molecular flexibility index (Phi) is 4.22. The zero-order chi connectivity index (χ0) is 19.6. The number of hydrogen-bond donors (Lipinski definition) is 0. The Morgan fingerprint density at radius 1 is 0.793 bits per heavy atom. The molecular formula is C23H15N4O2-. The maximum atomic E-state index is 13.3. The van der Waals surface area contributed by atoms with Crippen molar-refractivity contribution in [2.45, 2.75) is 6.10 Å². The Morgan fingerprint density at radius 3 is 2.24 bits per heavy atom. The van der Waals surface area contributed by atoms with Crippen LogP contribution >= 0.6 is 0 Å². The van der Waals surface area contributed by atoms with Crippen molar-refractivity contribution < 1.29 is 9.84 Å². The van der Waals surface area contributed by atoms with Crippen LogP contribution in [0.15, 0.2) is 105 Å². The summed E-state index contributed by atoms with van der Waals surface area (Å²) in [6, 6.07) is 24.7. The molecule has 0 unspecified atom stereocenters. The molecule has 3 aromatic rings. The molecule has 0 fully saturated rings. The number of nitrogens with zero attached hydrogens (tertiary/aromatic N) is 4. The number of rotatable bonds is 2. The van der Waals surface area contributed by atoms with Gasteiger partial charge in [0.2, 0.25) is 5.82 Å². The summed E-state index contributed by atoms with van der Waals surface area (Å²) in [4.78, 5) is 0. The summed E-state index contributed by atoms with van der Waals surface area (Å²) < 4.78 is 6.23. The fraction of sp³-hybridized carbons (Fsp3) is 0.0435. The van der Waals surface area contributed by atoms with Gasteiger partial charge in [-0.2, -0.15) is 0 Å². The quantitative estimate of drug-likeness (QED) is 0.685. The fourth-order valence-corrected chi connectivity index (χ4v) is 3.41. The highest BCUT2D eigenvalue weighted by molar-refractivity contribution is 5.77. The second-order valence-electron chi connectivity index (χ2n) is 6.66. The van der Waals surface area contributed by atoms with Crippen molar-refractivity contribution >= 4 is 17.7 Å². The molecule has 0 saturated heterocycles. The van der Waals surface area contributed by atoms with E-state index in [-0.39, 0.29) is 5.76 Å². The second kappa shape index (κ2) is 7.16. The third kappa shape index (κ3) is 3.21. The molecule has 0 aromatic heterocycles. The molecule has 5 rings (SSSR count). The first kappa shape index (κ1) is 17.1. The van der Waals surface area contributed by atoms with Gasteiger partial charge in [0, 0.05) is 10.8 Å². The van der Waals surface area contributed by atoms with E-state index in [0.717, 1.165) is 16.0 Å². The van der Waals surface area contributed by atoms with Crippen molar-refractivity contribution in [1.29, 1.82) is 0 Å². The minimum Gasteiger partial charge on any atom is -0.872 e. The van der Waals surface area contributed by atoms with Gasteiger partial charge in [-0.1, -0.05) is 78.6 Å². The highest BCUT2D eigenvalue weighted by atomic mass is 16.5. The van der Waals surface area contributed by atoms with Crippen molar-refractivity contribution in [3.05, 3.63) is 106 Å². The minimum atomic E-state index is -0.468. The normalized spacial score (nSPS) is 17.2. The molecule has 0 amide bonds. The van der Waals surface area contributed by atoms with Gasteiger partial charge in [-0.3, -0.25) is 0 Å². The monoisotopic (exact) mass is 379 g/mol. The van der Waals surface area contributed by atoms with Gasteiger partial charge in [-0.05, 0) is 38.9 Å². The zero-order valence-corrected chi connectivity index (χ0v) is 15.3. The van der Waals surface area contributed by atoms with Gasteiger partial charge in [0.25, 0.3) is 0 Å². The molecule has 0 N–H and O–H groups in total. The molecular weight excluding hydrogens is 364 g/mol. The Bertz CT molecular complexity index is 1260. The molecule has 0 bridgehead atoms. The van der Waals surface area contributed by atoms with Crippen molar-refractivity contribution in [1.82, 2.24) is 0 Å². The molecule has 1 atom stereocenters. The van der Waals surface area contributed by atoms with E-state index in [0.29, 0.717) is 22.7 Å². The van der Waals surface area contributed by atoms with Crippen LogP contribution in [0, 0.1) is 0 Å². The van der Waals surface area contributed by atoms with Crippen LogP contribution in [-0.2, 0) is 0 Å². The smallest absolute Gasteiger partial charge is 0.207 e. The molecule has 2 heterocycles. The molecule has 2 aliphatic rings. The Balaban J connectivity index is 1.65. The van der Waals surface area contributed by atoms with Crippen molar-refractivity contribution in [3.8, 4) is 5.75 Å². The van der Waals surface area contributed by atoms with E-state index in [2.05, 4.69) is 20.7 Å². The lowest BCUT2D eigenvalue weighted by Crippen LogP contribution is -2.22. The van der Waals surface area contributed by atoms with Gasteiger partial charge < -0.3 is 9.84 Å². The zero-order valence-electron chi connectivity index (χ0n) is 15.3. The Labute approximate surface area is 166 Å². The summed E-state index contributed by atoms with van der Waals surface area (Å²) in [5, 5.41) is 29.7. The van der Waals surface area contributed by atoms with Crippen LogP contribution in [0.5, 0.6) is 5.75 Å². The van der Waals surface area contributed by atoms with Crippen molar-refractivity contribution in [2.75, 3.05) is 0 Å². The van der Waals surface area contributed by atoms with E-state index in [9.17, 15) is 5.11 Å². The second-order valence-corrected chi connectivity index (χ2v) is 6.66. The summed E-state index contributed by atoms with van der Waals surface area (Å²) in [7, 11) is 0. The lowest BCUT2D eigenvalue weighted by Gasteiger charge is -2.33. The molecule has 29 heavy (non-hydrogen) atoms. The Morgan fingerprint density at radius 2 is 1.48 bits per heavy atom. The van der Waals surface area contributed by atoms with Crippen LogP contribution in [0.2, 0.25) is 0 Å². The fourth-order valence-electron chi connectivity index (χ4n) is 3.41. The van der Waals surface area contributed by atoms with Gasteiger partial charge in [0.15, 0.2) is 0 Å². The minimum absolute atomic E-state index is 0.0300. The molecule has 2 aliphatic heterocycles. The van der Waals surface area contributed by atoms with Gasteiger partial charge in [0.05, 0.1) is 0 Å². The highest BCUT2D eigenvalue weighted by Crippen LogP contribution is 2.40. The number of ether oxygens (including phenoxy) is 1. The first-order valence-corrected chi connectivity index (χ1v) is 9.16. The third-order valence-corrected chi connectivity index (χ3v) is 4.83. The van der Waals surface area contributed by atoms with Gasteiger partial charge in [-0.25, -0.2) is 0 Å². The first-order chi connectivity index (χ1) is 14.3. The maximum Gasteiger partial charge on any atom is 0.207 e. The summed E-state index contributed by atoms with van der Waals surface area (Å²) >= 11 is 0. The van der Waals surface area contributed by atoms with E-state index in [1.165, 1.54) is 0 Å². The number of hydrogen-bond acceptors (Lipinski definition) is 6.